The standard InChI is InChI=1S/C21H29N3O3/c1-3-19(25)22-18-6-4-5-17(15-18)20(26)24-9-7-21(2,8-10-24)16-23-11-13-27-14-12-23/h3-6,15H,1,7-14,16H2,2H3,(H,22,25). The Morgan fingerprint density at radius 3 is 2.59 bits per heavy atom. The van der Waals surface area contributed by atoms with Crippen LogP contribution in [0.5, 0.6) is 0 Å². The number of piperidine rings is 1. The number of benzene rings is 1. The van der Waals surface area contributed by atoms with Gasteiger partial charge in [-0.25, -0.2) is 0 Å². The molecule has 0 spiro atoms. The highest BCUT2D eigenvalue weighted by Gasteiger charge is 2.34. The van der Waals surface area contributed by atoms with Gasteiger partial charge in [0, 0.05) is 44.0 Å². The van der Waals surface area contributed by atoms with E-state index in [4.69, 9.17) is 4.74 Å². The van der Waals surface area contributed by atoms with Crippen molar-refractivity contribution >= 4 is 17.5 Å². The molecule has 3 rings (SSSR count). The highest BCUT2D eigenvalue weighted by molar-refractivity contribution is 6.00. The number of anilines is 1. The summed E-state index contributed by atoms with van der Waals surface area (Å²) in [7, 11) is 0. The molecule has 6 heteroatoms. The lowest BCUT2D eigenvalue weighted by Crippen LogP contribution is -2.48. The van der Waals surface area contributed by atoms with E-state index in [0.29, 0.717) is 11.3 Å². The maximum Gasteiger partial charge on any atom is 0.253 e. The van der Waals surface area contributed by atoms with Crippen molar-refractivity contribution in [2.45, 2.75) is 19.8 Å². The SMILES string of the molecule is C=CC(=O)Nc1cccc(C(=O)N2CCC(C)(CN3CCOCC3)CC2)c1. The molecular formula is C21H29N3O3. The summed E-state index contributed by atoms with van der Waals surface area (Å²) in [5.74, 6) is -0.255. The summed E-state index contributed by atoms with van der Waals surface area (Å²) >= 11 is 0. The molecule has 2 fully saturated rings. The lowest BCUT2D eigenvalue weighted by Gasteiger charge is -2.43. The molecule has 2 aliphatic heterocycles. The normalized spacial score (nSPS) is 20.1. The van der Waals surface area contributed by atoms with Crippen LogP contribution in [0.15, 0.2) is 36.9 Å². The zero-order valence-corrected chi connectivity index (χ0v) is 16.1. The smallest absolute Gasteiger partial charge is 0.253 e. The van der Waals surface area contributed by atoms with Gasteiger partial charge in [0.25, 0.3) is 5.91 Å². The number of amides is 2. The third-order valence-corrected chi connectivity index (χ3v) is 5.53. The summed E-state index contributed by atoms with van der Waals surface area (Å²) in [6, 6.07) is 7.09. The summed E-state index contributed by atoms with van der Waals surface area (Å²) in [5, 5.41) is 2.70. The first-order valence-corrected chi connectivity index (χ1v) is 9.62. The highest BCUT2D eigenvalue weighted by Crippen LogP contribution is 2.32. The molecule has 1 aromatic carbocycles. The average Bonchev–Trinajstić information content (AvgIpc) is 2.68. The van der Waals surface area contributed by atoms with Crippen molar-refractivity contribution in [1.82, 2.24) is 9.80 Å². The van der Waals surface area contributed by atoms with Crippen molar-refractivity contribution in [3.05, 3.63) is 42.5 Å². The lowest BCUT2D eigenvalue weighted by molar-refractivity contribution is -0.111. The van der Waals surface area contributed by atoms with Gasteiger partial charge in [-0.15, -0.1) is 0 Å². The Bertz CT molecular complexity index is 690. The van der Waals surface area contributed by atoms with Crippen LogP contribution in [-0.4, -0.2) is 67.6 Å². The van der Waals surface area contributed by atoms with Crippen LogP contribution in [0.2, 0.25) is 0 Å². The Morgan fingerprint density at radius 1 is 1.22 bits per heavy atom. The fraction of sp³-hybridized carbons (Fsp3) is 0.524. The third-order valence-electron chi connectivity index (χ3n) is 5.53. The van der Waals surface area contributed by atoms with E-state index in [1.165, 1.54) is 6.08 Å². The highest BCUT2D eigenvalue weighted by atomic mass is 16.5. The minimum atomic E-state index is -0.281. The molecule has 0 radical (unpaired) electrons. The molecule has 0 aromatic heterocycles. The van der Waals surface area contributed by atoms with Crippen molar-refractivity contribution in [2.24, 2.45) is 5.41 Å². The van der Waals surface area contributed by atoms with Crippen molar-refractivity contribution in [3.8, 4) is 0 Å². The largest absolute Gasteiger partial charge is 0.379 e. The fourth-order valence-corrected chi connectivity index (χ4v) is 3.81. The number of nitrogens with one attached hydrogen (secondary N) is 1. The molecule has 0 unspecified atom stereocenters. The van der Waals surface area contributed by atoms with E-state index in [1.807, 2.05) is 4.90 Å². The third kappa shape index (κ3) is 5.17. The number of likely N-dealkylation sites (tertiary alicyclic amines) is 1. The minimum absolute atomic E-state index is 0.0260. The first-order chi connectivity index (χ1) is 13.0. The molecule has 2 saturated heterocycles. The maximum atomic E-state index is 12.9. The molecule has 2 amide bonds. The Kier molecular flexibility index (Phi) is 6.29. The molecule has 0 aliphatic carbocycles. The number of nitrogens with zero attached hydrogens (tertiary/aromatic N) is 2. The van der Waals surface area contributed by atoms with Crippen LogP contribution in [0.4, 0.5) is 5.69 Å². The molecule has 1 aromatic rings. The van der Waals surface area contributed by atoms with Crippen molar-refractivity contribution in [1.29, 1.82) is 0 Å². The van der Waals surface area contributed by atoms with E-state index < -0.39 is 0 Å². The quantitative estimate of drug-likeness (QED) is 0.808. The van der Waals surface area contributed by atoms with Crippen LogP contribution in [-0.2, 0) is 9.53 Å². The Hall–Kier alpha value is -2.18. The van der Waals surface area contributed by atoms with Crippen LogP contribution in [0.25, 0.3) is 0 Å². The van der Waals surface area contributed by atoms with Gasteiger partial charge >= 0.3 is 0 Å². The number of hydrogen-bond donors (Lipinski definition) is 1. The number of carbonyl (C=O) groups is 2. The van der Waals surface area contributed by atoms with E-state index in [1.54, 1.807) is 24.3 Å². The van der Waals surface area contributed by atoms with Gasteiger partial charge in [-0.05, 0) is 42.5 Å². The topological polar surface area (TPSA) is 61.9 Å². The van der Waals surface area contributed by atoms with E-state index in [2.05, 4.69) is 23.7 Å². The van der Waals surface area contributed by atoms with Crippen LogP contribution in [0.1, 0.15) is 30.1 Å². The number of rotatable bonds is 5. The first kappa shape index (κ1) is 19.6. The second-order valence-electron chi connectivity index (χ2n) is 7.77. The van der Waals surface area contributed by atoms with E-state index in [-0.39, 0.29) is 17.2 Å². The predicted octanol–water partition coefficient (Wildman–Crippen LogP) is 2.39. The van der Waals surface area contributed by atoms with Crippen LogP contribution >= 0.6 is 0 Å². The van der Waals surface area contributed by atoms with Crippen molar-refractivity contribution in [3.63, 3.8) is 0 Å². The lowest BCUT2D eigenvalue weighted by atomic mass is 9.79. The molecule has 0 atom stereocenters. The second-order valence-corrected chi connectivity index (χ2v) is 7.77. The summed E-state index contributed by atoms with van der Waals surface area (Å²) in [6.07, 6.45) is 3.22. The van der Waals surface area contributed by atoms with Gasteiger partial charge in [0.15, 0.2) is 0 Å². The minimum Gasteiger partial charge on any atom is -0.379 e. The summed E-state index contributed by atoms with van der Waals surface area (Å²) in [6.45, 7) is 12.0. The van der Waals surface area contributed by atoms with E-state index in [9.17, 15) is 9.59 Å². The van der Waals surface area contributed by atoms with Gasteiger partial charge in [0.2, 0.25) is 5.91 Å². The van der Waals surface area contributed by atoms with Gasteiger partial charge in [-0.1, -0.05) is 19.6 Å². The maximum absolute atomic E-state index is 12.9. The number of morpholine rings is 1. The molecule has 27 heavy (non-hydrogen) atoms. The molecule has 0 bridgehead atoms. The molecule has 2 heterocycles. The van der Waals surface area contributed by atoms with Gasteiger partial charge < -0.3 is 15.0 Å². The van der Waals surface area contributed by atoms with Crippen LogP contribution in [0, 0.1) is 5.41 Å². The van der Waals surface area contributed by atoms with Gasteiger partial charge in [-0.3, -0.25) is 14.5 Å². The second kappa shape index (κ2) is 8.67. The molecule has 6 nitrogen and oxygen atoms in total. The number of ether oxygens (including phenoxy) is 1. The zero-order chi connectivity index (χ0) is 19.3. The van der Waals surface area contributed by atoms with Crippen LogP contribution in [0.3, 0.4) is 0 Å². The van der Waals surface area contributed by atoms with Gasteiger partial charge in [-0.2, -0.15) is 0 Å². The fourth-order valence-electron chi connectivity index (χ4n) is 3.81. The van der Waals surface area contributed by atoms with Gasteiger partial charge in [0.05, 0.1) is 13.2 Å². The predicted molar refractivity (Wildman–Crippen MR) is 106 cm³/mol. The van der Waals surface area contributed by atoms with Crippen LogP contribution < -0.4 is 5.32 Å². The molecule has 2 aliphatic rings. The summed E-state index contributed by atoms with van der Waals surface area (Å²) < 4.78 is 5.43. The van der Waals surface area contributed by atoms with Gasteiger partial charge in [0.1, 0.15) is 0 Å². The monoisotopic (exact) mass is 371 g/mol. The summed E-state index contributed by atoms with van der Waals surface area (Å²) in [4.78, 5) is 28.7. The average molecular weight is 371 g/mol. The van der Waals surface area contributed by atoms with E-state index in [0.717, 1.165) is 58.8 Å². The molecule has 146 valence electrons. The molecule has 1 N–H and O–H groups in total. The zero-order valence-electron chi connectivity index (χ0n) is 16.1. The molecule has 0 saturated carbocycles. The first-order valence-electron chi connectivity index (χ1n) is 9.62. The van der Waals surface area contributed by atoms with E-state index >= 15 is 0 Å². The number of hydrogen-bond acceptors (Lipinski definition) is 4. The number of carbonyl (C=O) groups excluding carboxylic acids is 2. The van der Waals surface area contributed by atoms with Crippen molar-refractivity contribution in [2.75, 3.05) is 51.3 Å². The Morgan fingerprint density at radius 2 is 1.93 bits per heavy atom. The molecular weight excluding hydrogens is 342 g/mol. The van der Waals surface area contributed by atoms with Crippen molar-refractivity contribution < 1.29 is 14.3 Å². The Balaban J connectivity index is 1.57. The summed E-state index contributed by atoms with van der Waals surface area (Å²) in [5.41, 5.74) is 1.46. The Labute approximate surface area is 161 Å².